The Bertz CT molecular complexity index is 438. The first-order chi connectivity index (χ1) is 9.16. The van der Waals surface area contributed by atoms with Crippen LogP contribution in [0.3, 0.4) is 0 Å². The maximum atomic E-state index is 3.82. The van der Waals surface area contributed by atoms with E-state index < -0.39 is 0 Å². The quantitative estimate of drug-likeness (QED) is 0.913. The Labute approximate surface area is 121 Å². The number of thioether (sulfide) groups is 1. The maximum absolute atomic E-state index is 3.82. The summed E-state index contributed by atoms with van der Waals surface area (Å²) in [6.07, 6.45) is 2.63. The summed E-state index contributed by atoms with van der Waals surface area (Å²) in [4.78, 5) is 3.91. The van der Waals surface area contributed by atoms with Crippen molar-refractivity contribution in [1.82, 2.24) is 10.2 Å². The molecule has 1 aromatic rings. The summed E-state index contributed by atoms with van der Waals surface area (Å²) in [6.45, 7) is 6.09. The van der Waals surface area contributed by atoms with E-state index in [1.807, 2.05) is 11.8 Å². The number of nitrogens with zero attached hydrogens (tertiary/aromatic N) is 1. The number of hydrogen-bond acceptors (Lipinski definition) is 3. The van der Waals surface area contributed by atoms with Crippen LogP contribution in [0.2, 0.25) is 0 Å². The standard InChI is InChI=1S/C16H24N2S/c1-16(7-9-18(2)10-8-16)12-17-14-11-19-15-6-4-3-5-13(14)15/h3-6,14,17H,7-12H2,1-2H3. The van der Waals surface area contributed by atoms with Crippen LogP contribution in [0.15, 0.2) is 29.2 Å². The minimum Gasteiger partial charge on any atom is -0.309 e. The molecule has 0 spiro atoms. The van der Waals surface area contributed by atoms with Crippen LogP contribution in [0.4, 0.5) is 0 Å². The molecule has 2 nitrogen and oxygen atoms in total. The van der Waals surface area contributed by atoms with Gasteiger partial charge in [-0.2, -0.15) is 0 Å². The van der Waals surface area contributed by atoms with Crippen molar-refractivity contribution >= 4 is 11.8 Å². The highest BCUT2D eigenvalue weighted by Crippen LogP contribution is 2.38. The van der Waals surface area contributed by atoms with E-state index >= 15 is 0 Å². The number of nitrogens with one attached hydrogen (secondary N) is 1. The van der Waals surface area contributed by atoms with Crippen molar-refractivity contribution in [2.24, 2.45) is 5.41 Å². The molecule has 3 heteroatoms. The second-order valence-corrected chi connectivity index (χ2v) is 7.46. The van der Waals surface area contributed by atoms with Gasteiger partial charge in [0.1, 0.15) is 0 Å². The number of piperidine rings is 1. The molecule has 1 fully saturated rings. The molecule has 104 valence electrons. The van der Waals surface area contributed by atoms with Gasteiger partial charge in [-0.25, -0.2) is 0 Å². The van der Waals surface area contributed by atoms with Crippen molar-refractivity contribution in [2.45, 2.75) is 30.7 Å². The van der Waals surface area contributed by atoms with Gasteiger partial charge < -0.3 is 10.2 Å². The third-order valence-electron chi connectivity index (χ3n) is 4.67. The summed E-state index contributed by atoms with van der Waals surface area (Å²) in [5.41, 5.74) is 1.98. The topological polar surface area (TPSA) is 15.3 Å². The van der Waals surface area contributed by atoms with Crippen molar-refractivity contribution in [3.63, 3.8) is 0 Å². The molecule has 2 aliphatic heterocycles. The van der Waals surface area contributed by atoms with Crippen LogP contribution in [0.1, 0.15) is 31.4 Å². The molecule has 0 saturated carbocycles. The molecule has 3 rings (SSSR count). The zero-order valence-corrected chi connectivity index (χ0v) is 12.8. The van der Waals surface area contributed by atoms with E-state index in [9.17, 15) is 0 Å². The molecule has 1 N–H and O–H groups in total. The molecule has 0 amide bonds. The molecule has 2 aliphatic rings. The summed E-state index contributed by atoms with van der Waals surface area (Å²) < 4.78 is 0. The lowest BCUT2D eigenvalue weighted by atomic mass is 9.80. The monoisotopic (exact) mass is 276 g/mol. The normalized spacial score (nSPS) is 26.3. The van der Waals surface area contributed by atoms with Crippen molar-refractivity contribution < 1.29 is 0 Å². The Morgan fingerprint density at radius 1 is 1.32 bits per heavy atom. The lowest BCUT2D eigenvalue weighted by Gasteiger charge is -2.38. The molecule has 0 aliphatic carbocycles. The first kappa shape index (κ1) is 13.5. The molecule has 2 heterocycles. The van der Waals surface area contributed by atoms with Gasteiger partial charge in [0.2, 0.25) is 0 Å². The number of hydrogen-bond donors (Lipinski definition) is 1. The first-order valence-electron chi connectivity index (χ1n) is 7.30. The third-order valence-corrected chi connectivity index (χ3v) is 5.85. The Balaban J connectivity index is 1.59. The SMILES string of the molecule is CN1CCC(C)(CNC2CSc3ccccc32)CC1. The molecule has 0 aromatic heterocycles. The summed E-state index contributed by atoms with van der Waals surface area (Å²) in [5.74, 6) is 1.19. The van der Waals surface area contributed by atoms with Crippen LogP contribution in [-0.4, -0.2) is 37.3 Å². The Kier molecular flexibility index (Phi) is 3.88. The minimum atomic E-state index is 0.481. The zero-order valence-electron chi connectivity index (χ0n) is 12.0. The fraction of sp³-hybridized carbons (Fsp3) is 0.625. The fourth-order valence-corrected chi connectivity index (χ4v) is 4.23. The molecular formula is C16H24N2S. The molecule has 1 unspecified atom stereocenters. The van der Waals surface area contributed by atoms with Gasteiger partial charge >= 0.3 is 0 Å². The van der Waals surface area contributed by atoms with Crippen LogP contribution in [-0.2, 0) is 0 Å². The number of rotatable bonds is 3. The Morgan fingerprint density at radius 2 is 2.05 bits per heavy atom. The van der Waals surface area contributed by atoms with Gasteiger partial charge in [-0.15, -0.1) is 11.8 Å². The summed E-state index contributed by atoms with van der Waals surface area (Å²) in [6, 6.07) is 9.39. The van der Waals surface area contributed by atoms with E-state index in [0.717, 1.165) is 6.54 Å². The molecule has 0 bridgehead atoms. The highest BCUT2D eigenvalue weighted by Gasteiger charge is 2.30. The molecule has 1 saturated heterocycles. The van der Waals surface area contributed by atoms with Crippen molar-refractivity contribution in [2.75, 3.05) is 32.4 Å². The van der Waals surface area contributed by atoms with E-state index in [-0.39, 0.29) is 0 Å². The minimum absolute atomic E-state index is 0.481. The smallest absolute Gasteiger partial charge is 0.0426 e. The van der Waals surface area contributed by atoms with Gasteiger partial charge in [0.05, 0.1) is 0 Å². The summed E-state index contributed by atoms with van der Waals surface area (Å²) >= 11 is 1.99. The van der Waals surface area contributed by atoms with Crippen LogP contribution in [0.5, 0.6) is 0 Å². The Hall–Kier alpha value is -0.510. The lowest BCUT2D eigenvalue weighted by Crippen LogP contribution is -2.42. The van der Waals surface area contributed by atoms with E-state index in [4.69, 9.17) is 0 Å². The van der Waals surface area contributed by atoms with E-state index in [1.165, 1.54) is 42.1 Å². The molecule has 1 atom stereocenters. The largest absolute Gasteiger partial charge is 0.309 e. The van der Waals surface area contributed by atoms with Gasteiger partial charge in [0.15, 0.2) is 0 Å². The zero-order chi connectivity index (χ0) is 13.3. The lowest BCUT2D eigenvalue weighted by molar-refractivity contribution is 0.134. The predicted octanol–water partition coefficient (Wildman–Crippen LogP) is 3.15. The number of benzene rings is 1. The molecule has 19 heavy (non-hydrogen) atoms. The van der Waals surface area contributed by atoms with Gasteiger partial charge in [-0.1, -0.05) is 25.1 Å². The van der Waals surface area contributed by atoms with E-state index in [1.54, 1.807) is 0 Å². The van der Waals surface area contributed by atoms with Crippen molar-refractivity contribution in [3.8, 4) is 0 Å². The average Bonchev–Trinajstić information content (AvgIpc) is 2.84. The van der Waals surface area contributed by atoms with Gasteiger partial charge in [-0.3, -0.25) is 0 Å². The first-order valence-corrected chi connectivity index (χ1v) is 8.29. The molecule has 0 radical (unpaired) electrons. The van der Waals surface area contributed by atoms with Gasteiger partial charge in [0.25, 0.3) is 0 Å². The summed E-state index contributed by atoms with van der Waals surface area (Å²) in [7, 11) is 2.23. The second kappa shape index (κ2) is 5.47. The van der Waals surface area contributed by atoms with E-state index in [0.29, 0.717) is 11.5 Å². The van der Waals surface area contributed by atoms with E-state index in [2.05, 4.69) is 48.5 Å². The van der Waals surface area contributed by atoms with Crippen molar-refractivity contribution in [3.05, 3.63) is 29.8 Å². The number of fused-ring (bicyclic) bond motifs is 1. The highest BCUT2D eigenvalue weighted by molar-refractivity contribution is 7.99. The third kappa shape index (κ3) is 2.99. The Morgan fingerprint density at radius 3 is 2.84 bits per heavy atom. The van der Waals surface area contributed by atoms with Crippen molar-refractivity contribution in [1.29, 1.82) is 0 Å². The maximum Gasteiger partial charge on any atom is 0.0426 e. The van der Waals surface area contributed by atoms with Crippen LogP contribution in [0.25, 0.3) is 0 Å². The van der Waals surface area contributed by atoms with Crippen LogP contribution in [0, 0.1) is 5.41 Å². The van der Waals surface area contributed by atoms with Gasteiger partial charge in [0, 0.05) is 23.2 Å². The second-order valence-electron chi connectivity index (χ2n) is 6.40. The summed E-state index contributed by atoms with van der Waals surface area (Å²) in [5, 5.41) is 3.82. The van der Waals surface area contributed by atoms with Gasteiger partial charge in [-0.05, 0) is 50.0 Å². The fourth-order valence-electron chi connectivity index (χ4n) is 3.04. The predicted molar refractivity (Wildman–Crippen MR) is 82.7 cm³/mol. The van der Waals surface area contributed by atoms with Crippen LogP contribution >= 0.6 is 11.8 Å². The molecular weight excluding hydrogens is 252 g/mol. The average molecular weight is 276 g/mol. The number of likely N-dealkylation sites (tertiary alicyclic amines) is 1. The van der Waals surface area contributed by atoms with Crippen LogP contribution < -0.4 is 5.32 Å². The molecule has 1 aromatic carbocycles. The highest BCUT2D eigenvalue weighted by atomic mass is 32.2.